The maximum atomic E-state index is 11.1. The minimum absolute atomic E-state index is 0.0961. The molecule has 122 valence electrons. The Labute approximate surface area is 138 Å². The number of benzene rings is 1. The molecule has 0 atom stereocenters. The van der Waals surface area contributed by atoms with Gasteiger partial charge in [0.15, 0.2) is 0 Å². The second-order valence-corrected chi connectivity index (χ2v) is 4.37. The fourth-order valence-corrected chi connectivity index (χ4v) is 1.47. The number of halogens is 1. The number of allylic oxidation sites excluding steroid dienone is 4. The maximum absolute atomic E-state index is 11.1. The van der Waals surface area contributed by atoms with Crippen LogP contribution in [0.25, 0.3) is 6.08 Å². The van der Waals surface area contributed by atoms with E-state index in [2.05, 4.69) is 14.2 Å². The third-order valence-corrected chi connectivity index (χ3v) is 2.50. The summed E-state index contributed by atoms with van der Waals surface area (Å²) in [5, 5.41) is 9.20. The van der Waals surface area contributed by atoms with Crippen LogP contribution in [0.3, 0.4) is 0 Å². The van der Waals surface area contributed by atoms with Gasteiger partial charge in [-0.15, -0.1) is 0 Å². The average molecular weight is 339 g/mol. The topological polar surface area (TPSA) is 82.1 Å². The molecule has 6 nitrogen and oxygen atoms in total. The average Bonchev–Trinajstić information content (AvgIpc) is 2.48. The van der Waals surface area contributed by atoms with Gasteiger partial charge in [0.1, 0.15) is 0 Å². The molecule has 1 rings (SSSR count). The molecular weight excluding hydrogens is 324 g/mol. The van der Waals surface area contributed by atoms with Gasteiger partial charge < -0.3 is 19.3 Å². The van der Waals surface area contributed by atoms with E-state index in [0.29, 0.717) is 5.02 Å². The molecule has 0 aliphatic rings. The van der Waals surface area contributed by atoms with Crippen LogP contribution in [0.4, 0.5) is 9.59 Å². The summed E-state index contributed by atoms with van der Waals surface area (Å²) in [7, 11) is 0. The summed E-state index contributed by atoms with van der Waals surface area (Å²) in [4.78, 5) is 21.6. The van der Waals surface area contributed by atoms with Crippen LogP contribution in [0.1, 0.15) is 12.5 Å². The van der Waals surface area contributed by atoms with Gasteiger partial charge in [0, 0.05) is 11.1 Å². The predicted octanol–water partition coefficient (Wildman–Crippen LogP) is 4.62. The van der Waals surface area contributed by atoms with Gasteiger partial charge in [-0.05, 0) is 24.6 Å². The summed E-state index contributed by atoms with van der Waals surface area (Å²) in [6, 6.07) is 7.20. The van der Waals surface area contributed by atoms with Crippen LogP contribution in [0, 0.1) is 0 Å². The summed E-state index contributed by atoms with van der Waals surface area (Å²) >= 11 is 5.78. The molecule has 0 fully saturated rings. The van der Waals surface area contributed by atoms with E-state index in [1.165, 1.54) is 12.2 Å². The van der Waals surface area contributed by atoms with Crippen LogP contribution < -0.4 is 0 Å². The van der Waals surface area contributed by atoms with Gasteiger partial charge in [-0.2, -0.15) is 0 Å². The smallest absolute Gasteiger partial charge is 0.449 e. The van der Waals surface area contributed by atoms with Crippen molar-refractivity contribution in [2.75, 3.05) is 6.61 Å². The van der Waals surface area contributed by atoms with Crippen molar-refractivity contribution in [2.45, 2.75) is 6.92 Å². The summed E-state index contributed by atoms with van der Waals surface area (Å²) in [5.41, 5.74) is 0.938. The zero-order valence-corrected chi connectivity index (χ0v) is 13.0. The van der Waals surface area contributed by atoms with E-state index in [9.17, 15) is 9.59 Å². The zero-order chi connectivity index (χ0) is 17.1. The number of ether oxygens (including phenoxy) is 3. The maximum Gasteiger partial charge on any atom is 0.516 e. The van der Waals surface area contributed by atoms with Crippen molar-refractivity contribution in [3.63, 3.8) is 0 Å². The Hall–Kier alpha value is -2.73. The quantitative estimate of drug-likeness (QED) is 0.463. The van der Waals surface area contributed by atoms with Crippen LogP contribution in [0.2, 0.25) is 5.02 Å². The number of carboxylic acid groups (broad SMARTS) is 1. The first-order valence-corrected chi connectivity index (χ1v) is 6.95. The highest BCUT2D eigenvalue weighted by molar-refractivity contribution is 6.30. The van der Waals surface area contributed by atoms with Gasteiger partial charge in [-0.25, -0.2) is 9.59 Å². The lowest BCUT2D eigenvalue weighted by molar-refractivity contribution is 0.0269. The van der Waals surface area contributed by atoms with E-state index in [0.717, 1.165) is 5.56 Å². The highest BCUT2D eigenvalue weighted by Gasteiger charge is 2.11. The molecule has 0 unspecified atom stereocenters. The molecule has 0 aliphatic heterocycles. The van der Waals surface area contributed by atoms with Crippen molar-refractivity contribution in [2.24, 2.45) is 0 Å². The molecule has 0 bridgehead atoms. The van der Waals surface area contributed by atoms with Crippen LogP contribution in [0.15, 0.2) is 54.5 Å². The second kappa shape index (κ2) is 10.1. The summed E-state index contributed by atoms with van der Waals surface area (Å²) in [5.74, 6) is -0.507. The lowest BCUT2D eigenvalue weighted by atomic mass is 10.2. The molecule has 0 radical (unpaired) electrons. The fourth-order valence-electron chi connectivity index (χ4n) is 1.34. The number of carbonyl (C=O) groups excluding carboxylic acids is 1. The molecule has 0 saturated carbocycles. The highest BCUT2D eigenvalue weighted by Crippen LogP contribution is 2.10. The minimum Gasteiger partial charge on any atom is -0.449 e. The number of hydrogen-bond donors (Lipinski definition) is 1. The lowest BCUT2D eigenvalue weighted by Crippen LogP contribution is -2.11. The Morgan fingerprint density at radius 2 is 1.83 bits per heavy atom. The fraction of sp³-hybridized carbons (Fsp3) is 0.125. The first-order valence-electron chi connectivity index (χ1n) is 6.57. The molecule has 0 saturated heterocycles. The van der Waals surface area contributed by atoms with Crippen LogP contribution in [-0.4, -0.2) is 24.0 Å². The Morgan fingerprint density at radius 3 is 2.43 bits per heavy atom. The van der Waals surface area contributed by atoms with Gasteiger partial charge in [-0.1, -0.05) is 48.0 Å². The Kier molecular flexibility index (Phi) is 8.02. The Balaban J connectivity index is 2.65. The van der Waals surface area contributed by atoms with Gasteiger partial charge >= 0.3 is 18.3 Å². The predicted molar refractivity (Wildman–Crippen MR) is 84.9 cm³/mol. The van der Waals surface area contributed by atoms with E-state index in [1.807, 2.05) is 18.2 Å². The van der Waals surface area contributed by atoms with Crippen molar-refractivity contribution in [3.8, 4) is 0 Å². The number of hydrogen-bond acceptors (Lipinski definition) is 5. The highest BCUT2D eigenvalue weighted by atomic mass is 35.5. The van der Waals surface area contributed by atoms with Gasteiger partial charge in [0.2, 0.25) is 0 Å². The molecule has 0 heterocycles. The molecule has 0 spiro atoms. The standard InChI is InChI=1S/C16H15ClO6/c1-2-21-16(20)23-14(22-15(18)19)7-5-3-4-6-12-8-10-13(17)11-9-12/h3-11H,2H2,1H3,(H,18,19). The van der Waals surface area contributed by atoms with Crippen molar-refractivity contribution in [1.29, 1.82) is 0 Å². The minimum atomic E-state index is -1.61. The number of rotatable bonds is 6. The van der Waals surface area contributed by atoms with Crippen molar-refractivity contribution >= 4 is 30.0 Å². The summed E-state index contributed by atoms with van der Waals surface area (Å²) in [6.07, 6.45) is 5.10. The normalized spacial score (nSPS) is 11.7. The molecule has 1 N–H and O–H groups in total. The van der Waals surface area contributed by atoms with E-state index < -0.39 is 18.3 Å². The Morgan fingerprint density at radius 1 is 1.13 bits per heavy atom. The van der Waals surface area contributed by atoms with Gasteiger partial charge in [0.05, 0.1) is 6.61 Å². The Bertz CT molecular complexity index is 616. The molecule has 1 aromatic carbocycles. The van der Waals surface area contributed by atoms with E-state index in [-0.39, 0.29) is 6.61 Å². The molecular formula is C16H15ClO6. The molecule has 0 aromatic heterocycles. The molecule has 7 heteroatoms. The van der Waals surface area contributed by atoms with E-state index >= 15 is 0 Å². The molecule has 23 heavy (non-hydrogen) atoms. The third-order valence-electron chi connectivity index (χ3n) is 2.25. The third kappa shape index (κ3) is 8.33. The van der Waals surface area contributed by atoms with Crippen LogP contribution in [-0.2, 0) is 14.2 Å². The van der Waals surface area contributed by atoms with Gasteiger partial charge in [0.25, 0.3) is 0 Å². The first-order chi connectivity index (χ1) is 11.0. The summed E-state index contributed by atoms with van der Waals surface area (Å²) in [6.45, 7) is 1.68. The van der Waals surface area contributed by atoms with Gasteiger partial charge in [-0.3, -0.25) is 0 Å². The zero-order valence-electron chi connectivity index (χ0n) is 12.3. The lowest BCUT2D eigenvalue weighted by Gasteiger charge is -2.05. The van der Waals surface area contributed by atoms with Crippen molar-refractivity contribution < 1.29 is 28.9 Å². The SMILES string of the molecule is CCOC(=O)OC(=CC=CC=Cc1ccc(Cl)cc1)OC(=O)O. The summed E-state index contributed by atoms with van der Waals surface area (Å²) < 4.78 is 13.4. The van der Waals surface area contributed by atoms with Crippen LogP contribution in [0.5, 0.6) is 0 Å². The molecule has 1 aromatic rings. The van der Waals surface area contributed by atoms with E-state index in [1.54, 1.807) is 31.2 Å². The molecule has 0 amide bonds. The second-order valence-electron chi connectivity index (χ2n) is 3.93. The number of carbonyl (C=O) groups is 2. The monoisotopic (exact) mass is 338 g/mol. The van der Waals surface area contributed by atoms with Crippen molar-refractivity contribution in [1.82, 2.24) is 0 Å². The van der Waals surface area contributed by atoms with Crippen LogP contribution >= 0.6 is 11.6 Å². The largest absolute Gasteiger partial charge is 0.516 e. The van der Waals surface area contributed by atoms with E-state index in [4.69, 9.17) is 16.7 Å². The molecule has 0 aliphatic carbocycles. The first kappa shape index (κ1) is 18.3. The van der Waals surface area contributed by atoms with Crippen molar-refractivity contribution in [3.05, 3.63) is 65.1 Å².